The summed E-state index contributed by atoms with van der Waals surface area (Å²) in [5.41, 5.74) is 3.69. The molecular formula is C12H17N5. The van der Waals surface area contributed by atoms with Gasteiger partial charge in [-0.15, -0.1) is 0 Å². The Morgan fingerprint density at radius 3 is 2.88 bits per heavy atom. The van der Waals surface area contributed by atoms with Gasteiger partial charge < -0.3 is 9.99 Å². The molecule has 0 spiro atoms. The first-order valence-corrected chi connectivity index (χ1v) is 5.63. The number of hydrogen-bond acceptors (Lipinski definition) is 4. The Hall–Kier alpha value is -1.88. The van der Waals surface area contributed by atoms with Crippen LogP contribution in [0.3, 0.4) is 0 Å². The molecule has 0 aliphatic rings. The first-order chi connectivity index (χ1) is 8.20. The van der Waals surface area contributed by atoms with Crippen LogP contribution in [-0.4, -0.2) is 14.5 Å². The van der Waals surface area contributed by atoms with E-state index in [0.717, 1.165) is 17.9 Å². The van der Waals surface area contributed by atoms with E-state index in [1.807, 2.05) is 24.5 Å². The normalized spacial score (nSPS) is 10.8. The van der Waals surface area contributed by atoms with Gasteiger partial charge in [0.2, 0.25) is 0 Å². The molecule has 0 fully saturated rings. The lowest BCUT2D eigenvalue weighted by Gasteiger charge is -2.10. The predicted octanol–water partition coefficient (Wildman–Crippen LogP) is 1.74. The maximum absolute atomic E-state index is 5.34. The molecule has 0 saturated carbocycles. The first-order valence-electron chi connectivity index (χ1n) is 5.63. The van der Waals surface area contributed by atoms with Crippen molar-refractivity contribution < 1.29 is 0 Å². The fraction of sp³-hybridized carbons (Fsp3) is 0.333. The quantitative estimate of drug-likeness (QED) is 0.621. The van der Waals surface area contributed by atoms with Gasteiger partial charge in [0.05, 0.1) is 0 Å². The molecule has 0 atom stereocenters. The molecule has 0 amide bonds. The fourth-order valence-corrected chi connectivity index (χ4v) is 1.80. The number of imidazole rings is 1. The Labute approximate surface area is 101 Å². The highest BCUT2D eigenvalue weighted by Gasteiger charge is 2.07. The van der Waals surface area contributed by atoms with Crippen molar-refractivity contribution in [2.45, 2.75) is 26.3 Å². The summed E-state index contributed by atoms with van der Waals surface area (Å²) >= 11 is 0. The van der Waals surface area contributed by atoms with E-state index in [1.165, 1.54) is 0 Å². The van der Waals surface area contributed by atoms with Crippen LogP contribution < -0.4 is 11.3 Å². The molecule has 2 heterocycles. The van der Waals surface area contributed by atoms with Crippen molar-refractivity contribution in [2.75, 3.05) is 5.43 Å². The molecule has 0 aromatic carbocycles. The molecule has 3 N–H and O–H groups in total. The lowest BCUT2D eigenvalue weighted by molar-refractivity contribution is 0.669. The fourth-order valence-electron chi connectivity index (χ4n) is 1.80. The van der Waals surface area contributed by atoms with Crippen molar-refractivity contribution in [1.82, 2.24) is 14.5 Å². The number of aromatic nitrogens is 3. The van der Waals surface area contributed by atoms with Crippen LogP contribution in [0.4, 0.5) is 5.82 Å². The molecule has 90 valence electrons. The van der Waals surface area contributed by atoms with Gasteiger partial charge in [0, 0.05) is 31.1 Å². The zero-order valence-electron chi connectivity index (χ0n) is 10.1. The van der Waals surface area contributed by atoms with Crippen molar-refractivity contribution in [3.8, 4) is 0 Å². The van der Waals surface area contributed by atoms with Crippen molar-refractivity contribution in [3.05, 3.63) is 42.1 Å². The van der Waals surface area contributed by atoms with E-state index in [0.29, 0.717) is 11.7 Å². The number of nitrogens with two attached hydrogens (primary N) is 1. The summed E-state index contributed by atoms with van der Waals surface area (Å²) in [6, 6.07) is 3.91. The summed E-state index contributed by atoms with van der Waals surface area (Å²) in [7, 11) is 0. The molecular weight excluding hydrogens is 214 g/mol. The Balaban J connectivity index is 2.22. The highest BCUT2D eigenvalue weighted by Crippen LogP contribution is 2.14. The van der Waals surface area contributed by atoms with Gasteiger partial charge >= 0.3 is 0 Å². The van der Waals surface area contributed by atoms with Crippen LogP contribution in [0.5, 0.6) is 0 Å². The minimum absolute atomic E-state index is 0.416. The summed E-state index contributed by atoms with van der Waals surface area (Å²) in [5.74, 6) is 7.52. The number of anilines is 1. The van der Waals surface area contributed by atoms with E-state index in [9.17, 15) is 0 Å². The molecule has 5 heteroatoms. The van der Waals surface area contributed by atoms with E-state index in [-0.39, 0.29) is 0 Å². The largest absolute Gasteiger partial charge is 0.330 e. The second-order valence-corrected chi connectivity index (χ2v) is 4.26. The van der Waals surface area contributed by atoms with E-state index < -0.39 is 0 Å². The van der Waals surface area contributed by atoms with Gasteiger partial charge in [-0.2, -0.15) is 0 Å². The minimum Gasteiger partial charge on any atom is -0.330 e. The Morgan fingerprint density at radius 2 is 2.18 bits per heavy atom. The summed E-state index contributed by atoms with van der Waals surface area (Å²) in [6.45, 7) is 5.06. The second-order valence-electron chi connectivity index (χ2n) is 4.26. The standard InChI is InChI=1S/C12H17N5/c1-9(2)12-15-5-6-17(12)8-10-3-4-14-11(7-10)16-13/h3-7,9H,8,13H2,1-2H3,(H,14,16). The summed E-state index contributed by atoms with van der Waals surface area (Å²) in [5, 5.41) is 0. The topological polar surface area (TPSA) is 68.8 Å². The number of hydrazine groups is 1. The molecule has 17 heavy (non-hydrogen) atoms. The summed E-state index contributed by atoms with van der Waals surface area (Å²) in [6.07, 6.45) is 5.57. The average molecular weight is 231 g/mol. The number of nitrogens with zero attached hydrogens (tertiary/aromatic N) is 3. The number of hydrogen-bond donors (Lipinski definition) is 2. The van der Waals surface area contributed by atoms with E-state index in [1.54, 1.807) is 6.20 Å². The monoisotopic (exact) mass is 231 g/mol. The third kappa shape index (κ3) is 2.62. The van der Waals surface area contributed by atoms with Crippen LogP contribution in [0, 0.1) is 0 Å². The maximum atomic E-state index is 5.34. The molecule has 2 aromatic rings. The van der Waals surface area contributed by atoms with Gasteiger partial charge in [-0.05, 0) is 17.7 Å². The van der Waals surface area contributed by atoms with Gasteiger partial charge in [0.25, 0.3) is 0 Å². The predicted molar refractivity (Wildman–Crippen MR) is 67.5 cm³/mol. The Morgan fingerprint density at radius 1 is 1.35 bits per heavy atom. The number of pyridine rings is 1. The Bertz CT molecular complexity index is 489. The van der Waals surface area contributed by atoms with Gasteiger partial charge in [-0.25, -0.2) is 15.8 Å². The third-order valence-corrected chi connectivity index (χ3v) is 2.59. The number of rotatable bonds is 4. The molecule has 0 unspecified atom stereocenters. The molecule has 2 rings (SSSR count). The SMILES string of the molecule is CC(C)c1nccn1Cc1ccnc(NN)c1. The smallest absolute Gasteiger partial charge is 0.140 e. The molecule has 0 aliphatic carbocycles. The second kappa shape index (κ2) is 4.97. The third-order valence-electron chi connectivity index (χ3n) is 2.59. The molecule has 0 bridgehead atoms. The molecule has 0 saturated heterocycles. The van der Waals surface area contributed by atoms with Crippen molar-refractivity contribution in [3.63, 3.8) is 0 Å². The lowest BCUT2D eigenvalue weighted by atomic mass is 10.2. The zero-order chi connectivity index (χ0) is 12.3. The summed E-state index contributed by atoms with van der Waals surface area (Å²) < 4.78 is 2.14. The van der Waals surface area contributed by atoms with Crippen molar-refractivity contribution in [1.29, 1.82) is 0 Å². The van der Waals surface area contributed by atoms with Crippen LogP contribution in [-0.2, 0) is 6.54 Å². The number of nitrogen functional groups attached to an aromatic ring is 1. The first kappa shape index (κ1) is 11.6. The molecule has 5 nitrogen and oxygen atoms in total. The van der Waals surface area contributed by atoms with Gasteiger partial charge in [0.15, 0.2) is 0 Å². The lowest BCUT2D eigenvalue weighted by Crippen LogP contribution is -2.10. The maximum Gasteiger partial charge on any atom is 0.140 e. The van der Waals surface area contributed by atoms with Gasteiger partial charge in [-0.3, -0.25) is 0 Å². The van der Waals surface area contributed by atoms with E-state index >= 15 is 0 Å². The van der Waals surface area contributed by atoms with Crippen LogP contribution >= 0.6 is 0 Å². The molecule has 0 radical (unpaired) electrons. The number of nitrogens with one attached hydrogen (secondary N) is 1. The van der Waals surface area contributed by atoms with Crippen molar-refractivity contribution >= 4 is 5.82 Å². The molecule has 2 aromatic heterocycles. The van der Waals surface area contributed by atoms with Crippen LogP contribution in [0.15, 0.2) is 30.7 Å². The van der Waals surface area contributed by atoms with Gasteiger partial charge in [-0.1, -0.05) is 13.8 Å². The van der Waals surface area contributed by atoms with Crippen molar-refractivity contribution in [2.24, 2.45) is 5.84 Å². The van der Waals surface area contributed by atoms with Crippen LogP contribution in [0.25, 0.3) is 0 Å². The zero-order valence-corrected chi connectivity index (χ0v) is 10.1. The highest BCUT2D eigenvalue weighted by molar-refractivity contribution is 5.36. The summed E-state index contributed by atoms with van der Waals surface area (Å²) in [4.78, 5) is 8.45. The van der Waals surface area contributed by atoms with Crippen LogP contribution in [0.2, 0.25) is 0 Å². The highest BCUT2D eigenvalue weighted by atomic mass is 15.2. The van der Waals surface area contributed by atoms with Crippen LogP contribution in [0.1, 0.15) is 31.2 Å². The average Bonchev–Trinajstić information content (AvgIpc) is 2.77. The van der Waals surface area contributed by atoms with E-state index in [4.69, 9.17) is 5.84 Å². The Kier molecular flexibility index (Phi) is 3.39. The molecule has 0 aliphatic heterocycles. The van der Waals surface area contributed by atoms with E-state index in [2.05, 4.69) is 33.8 Å². The minimum atomic E-state index is 0.416. The van der Waals surface area contributed by atoms with Gasteiger partial charge in [0.1, 0.15) is 11.6 Å².